The maximum atomic E-state index is 5.67. The van der Waals surface area contributed by atoms with Crippen LogP contribution in [0, 0.1) is 0 Å². The number of ether oxygens (including phenoxy) is 1. The van der Waals surface area contributed by atoms with Gasteiger partial charge in [0.1, 0.15) is 6.61 Å². The number of nitrogens with one attached hydrogen (secondary N) is 1. The zero-order valence-electron chi connectivity index (χ0n) is 12.0. The molecule has 110 valence electrons. The Kier molecular flexibility index (Phi) is 4.51. The summed E-state index contributed by atoms with van der Waals surface area (Å²) in [7, 11) is 0. The van der Waals surface area contributed by atoms with E-state index in [1.807, 2.05) is 30.3 Å². The average molecular weight is 284 g/mol. The fourth-order valence-corrected chi connectivity index (χ4v) is 2.41. The minimum absolute atomic E-state index is 0.563. The van der Waals surface area contributed by atoms with E-state index in [-0.39, 0.29) is 0 Å². The molecule has 0 aliphatic carbocycles. The Morgan fingerprint density at radius 3 is 2.71 bits per heavy atom. The van der Waals surface area contributed by atoms with Gasteiger partial charge in [0.2, 0.25) is 5.88 Å². The number of benzene rings is 1. The Bertz CT molecular complexity index is 555. The molecular formula is C16H20N4O. The topological polar surface area (TPSA) is 50.3 Å². The molecule has 1 fully saturated rings. The van der Waals surface area contributed by atoms with E-state index in [1.165, 1.54) is 12.8 Å². The van der Waals surface area contributed by atoms with Crippen LogP contribution in [0.1, 0.15) is 12.8 Å². The van der Waals surface area contributed by atoms with Crippen LogP contribution >= 0.6 is 0 Å². The summed E-state index contributed by atoms with van der Waals surface area (Å²) in [6.45, 7) is 3.42. The molecule has 0 atom stereocenters. The van der Waals surface area contributed by atoms with Crippen LogP contribution in [0.5, 0.6) is 5.88 Å². The van der Waals surface area contributed by atoms with Gasteiger partial charge in [-0.05, 0) is 25.0 Å². The van der Waals surface area contributed by atoms with E-state index in [2.05, 4.69) is 20.2 Å². The van der Waals surface area contributed by atoms with Crippen LogP contribution in [-0.2, 0) is 0 Å². The summed E-state index contributed by atoms with van der Waals surface area (Å²) in [4.78, 5) is 11.0. The minimum Gasteiger partial charge on any atom is -0.475 e. The van der Waals surface area contributed by atoms with Gasteiger partial charge in [0.05, 0.1) is 12.4 Å². The van der Waals surface area contributed by atoms with Crippen molar-refractivity contribution in [1.29, 1.82) is 0 Å². The third-order valence-electron chi connectivity index (χ3n) is 3.48. The second kappa shape index (κ2) is 6.92. The summed E-state index contributed by atoms with van der Waals surface area (Å²) in [5.74, 6) is 1.51. The van der Waals surface area contributed by atoms with E-state index in [1.54, 1.807) is 12.4 Å². The average Bonchev–Trinajstić information content (AvgIpc) is 3.07. The van der Waals surface area contributed by atoms with Gasteiger partial charge in [-0.3, -0.25) is 4.98 Å². The molecule has 2 aromatic rings. The summed E-state index contributed by atoms with van der Waals surface area (Å²) in [5.41, 5.74) is 1.10. The van der Waals surface area contributed by atoms with E-state index in [0.29, 0.717) is 12.5 Å². The van der Waals surface area contributed by atoms with Crippen LogP contribution in [0.25, 0.3) is 0 Å². The van der Waals surface area contributed by atoms with E-state index >= 15 is 0 Å². The lowest BCUT2D eigenvalue weighted by Gasteiger charge is -2.16. The smallest absolute Gasteiger partial charge is 0.234 e. The zero-order valence-corrected chi connectivity index (χ0v) is 12.0. The molecule has 0 saturated carbocycles. The van der Waals surface area contributed by atoms with Crippen LogP contribution in [0.3, 0.4) is 0 Å². The number of anilines is 2. The highest BCUT2D eigenvalue weighted by Gasteiger charge is 2.14. The molecule has 1 aliphatic rings. The number of hydrogen-bond acceptors (Lipinski definition) is 5. The summed E-state index contributed by atoms with van der Waals surface area (Å²) in [5, 5.41) is 3.30. The summed E-state index contributed by atoms with van der Waals surface area (Å²) in [6, 6.07) is 10.1. The lowest BCUT2D eigenvalue weighted by atomic mass is 10.3. The number of para-hydroxylation sites is 1. The van der Waals surface area contributed by atoms with Crippen molar-refractivity contribution in [3.63, 3.8) is 0 Å². The van der Waals surface area contributed by atoms with Crippen molar-refractivity contribution in [2.75, 3.05) is 36.5 Å². The quantitative estimate of drug-likeness (QED) is 0.826. The van der Waals surface area contributed by atoms with Gasteiger partial charge in [0, 0.05) is 25.3 Å². The first kappa shape index (κ1) is 13.7. The molecule has 3 rings (SSSR count). The molecule has 2 heterocycles. The fraction of sp³-hybridized carbons (Fsp3) is 0.375. The third-order valence-corrected chi connectivity index (χ3v) is 3.48. The van der Waals surface area contributed by atoms with E-state index < -0.39 is 0 Å². The highest BCUT2D eigenvalue weighted by molar-refractivity contribution is 5.42. The van der Waals surface area contributed by atoms with Gasteiger partial charge in [-0.25, -0.2) is 0 Å². The van der Waals surface area contributed by atoms with Crippen molar-refractivity contribution in [1.82, 2.24) is 9.97 Å². The Labute approximate surface area is 125 Å². The fourth-order valence-electron chi connectivity index (χ4n) is 2.41. The van der Waals surface area contributed by atoms with E-state index in [4.69, 9.17) is 4.74 Å². The van der Waals surface area contributed by atoms with Crippen LogP contribution in [0.4, 0.5) is 11.5 Å². The number of nitrogens with zero attached hydrogens (tertiary/aromatic N) is 3. The molecule has 1 aliphatic heterocycles. The first-order chi connectivity index (χ1) is 10.4. The molecule has 0 spiro atoms. The molecule has 0 bridgehead atoms. The molecule has 0 radical (unpaired) electrons. The predicted octanol–water partition coefficient (Wildman–Crippen LogP) is 2.57. The Morgan fingerprint density at radius 2 is 1.90 bits per heavy atom. The Balaban J connectivity index is 1.48. The molecule has 21 heavy (non-hydrogen) atoms. The molecule has 5 nitrogen and oxygen atoms in total. The van der Waals surface area contributed by atoms with Crippen LogP contribution < -0.4 is 15.0 Å². The van der Waals surface area contributed by atoms with Crippen LogP contribution in [-0.4, -0.2) is 36.2 Å². The van der Waals surface area contributed by atoms with Crippen LogP contribution in [0.2, 0.25) is 0 Å². The highest BCUT2D eigenvalue weighted by atomic mass is 16.5. The summed E-state index contributed by atoms with van der Waals surface area (Å²) < 4.78 is 5.67. The maximum absolute atomic E-state index is 5.67. The van der Waals surface area contributed by atoms with E-state index in [0.717, 1.165) is 31.1 Å². The van der Waals surface area contributed by atoms with Crippen molar-refractivity contribution in [3.05, 3.63) is 42.7 Å². The minimum atomic E-state index is 0.563. The maximum Gasteiger partial charge on any atom is 0.234 e. The van der Waals surface area contributed by atoms with Gasteiger partial charge in [0.15, 0.2) is 5.82 Å². The molecule has 0 unspecified atom stereocenters. The van der Waals surface area contributed by atoms with Gasteiger partial charge < -0.3 is 15.0 Å². The summed E-state index contributed by atoms with van der Waals surface area (Å²) in [6.07, 6.45) is 5.93. The van der Waals surface area contributed by atoms with Gasteiger partial charge in [-0.15, -0.1) is 0 Å². The van der Waals surface area contributed by atoms with Crippen molar-refractivity contribution in [2.45, 2.75) is 12.8 Å². The first-order valence-electron chi connectivity index (χ1n) is 7.40. The Morgan fingerprint density at radius 1 is 1.10 bits per heavy atom. The number of hydrogen-bond donors (Lipinski definition) is 1. The number of rotatable bonds is 6. The molecular weight excluding hydrogens is 264 g/mol. The van der Waals surface area contributed by atoms with Crippen molar-refractivity contribution in [3.8, 4) is 5.88 Å². The second-order valence-corrected chi connectivity index (χ2v) is 5.05. The highest BCUT2D eigenvalue weighted by Crippen LogP contribution is 2.18. The van der Waals surface area contributed by atoms with Crippen LogP contribution in [0.15, 0.2) is 42.7 Å². The van der Waals surface area contributed by atoms with Crippen molar-refractivity contribution < 1.29 is 4.74 Å². The molecule has 1 N–H and O–H groups in total. The van der Waals surface area contributed by atoms with E-state index in [9.17, 15) is 0 Å². The SMILES string of the molecule is c1ccc(NCCOc2cncc(N3CCCC3)n2)cc1. The first-order valence-corrected chi connectivity index (χ1v) is 7.40. The second-order valence-electron chi connectivity index (χ2n) is 5.05. The molecule has 1 saturated heterocycles. The molecule has 0 amide bonds. The lowest BCUT2D eigenvalue weighted by molar-refractivity contribution is 0.318. The number of aromatic nitrogens is 2. The van der Waals surface area contributed by atoms with Crippen molar-refractivity contribution in [2.24, 2.45) is 0 Å². The lowest BCUT2D eigenvalue weighted by Crippen LogP contribution is -2.19. The standard InChI is InChI=1S/C16H20N4O/c1-2-6-14(7-3-1)18-8-11-21-16-13-17-12-15(19-16)20-9-4-5-10-20/h1-3,6-7,12-13,18H,4-5,8-11H2. The van der Waals surface area contributed by atoms with Gasteiger partial charge in [0.25, 0.3) is 0 Å². The molecule has 1 aromatic carbocycles. The monoisotopic (exact) mass is 284 g/mol. The van der Waals surface area contributed by atoms with Gasteiger partial charge in [-0.1, -0.05) is 18.2 Å². The Hall–Kier alpha value is -2.30. The molecule has 1 aromatic heterocycles. The third kappa shape index (κ3) is 3.84. The predicted molar refractivity (Wildman–Crippen MR) is 83.9 cm³/mol. The van der Waals surface area contributed by atoms with Gasteiger partial charge in [-0.2, -0.15) is 4.98 Å². The zero-order chi connectivity index (χ0) is 14.3. The van der Waals surface area contributed by atoms with Gasteiger partial charge >= 0.3 is 0 Å². The normalized spacial score (nSPS) is 14.2. The largest absolute Gasteiger partial charge is 0.475 e. The van der Waals surface area contributed by atoms with Crippen molar-refractivity contribution >= 4 is 11.5 Å². The molecule has 5 heteroatoms. The summed E-state index contributed by atoms with van der Waals surface area (Å²) >= 11 is 0.